The molecule has 0 spiro atoms. The van der Waals surface area contributed by atoms with Gasteiger partial charge < -0.3 is 4.74 Å². The maximum atomic E-state index is 13.7. The monoisotopic (exact) mass is 433 g/mol. The van der Waals surface area contributed by atoms with Crippen LogP contribution in [0.5, 0.6) is 5.75 Å². The lowest BCUT2D eigenvalue weighted by molar-refractivity contribution is 0.252. The third kappa shape index (κ3) is 3.14. The highest BCUT2D eigenvalue weighted by molar-refractivity contribution is 6.18. The number of fused-ring (bicyclic) bond motifs is 2. The summed E-state index contributed by atoms with van der Waals surface area (Å²) in [7, 11) is 1.59. The number of amides is 2. The van der Waals surface area contributed by atoms with Gasteiger partial charge in [0.25, 0.3) is 0 Å². The van der Waals surface area contributed by atoms with E-state index in [0.29, 0.717) is 23.1 Å². The molecule has 3 aromatic rings. The molecule has 3 heterocycles. The predicted octanol–water partition coefficient (Wildman–Crippen LogP) is 4.56. The highest BCUT2D eigenvalue weighted by Gasteiger charge is 2.48. The van der Waals surface area contributed by atoms with Gasteiger partial charge in [-0.25, -0.2) is 18.9 Å². The number of aliphatic imine (C=N–C) groups is 1. The van der Waals surface area contributed by atoms with Gasteiger partial charge in [-0.05, 0) is 50.6 Å². The molecule has 0 aliphatic carbocycles. The van der Waals surface area contributed by atoms with Gasteiger partial charge in [0.1, 0.15) is 23.4 Å². The average molecular weight is 433 g/mol. The van der Waals surface area contributed by atoms with E-state index >= 15 is 0 Å². The summed E-state index contributed by atoms with van der Waals surface area (Å²) in [6, 6.07) is 13.1. The number of amidine groups is 1. The summed E-state index contributed by atoms with van der Waals surface area (Å²) >= 11 is 0. The topological polar surface area (TPSA) is 71.8 Å². The van der Waals surface area contributed by atoms with Gasteiger partial charge in [0, 0.05) is 23.2 Å². The van der Waals surface area contributed by atoms with Crippen molar-refractivity contribution in [3.63, 3.8) is 0 Å². The third-order valence-corrected chi connectivity index (χ3v) is 5.86. The number of hydrogen-bond donors (Lipinski definition) is 1. The summed E-state index contributed by atoms with van der Waals surface area (Å²) in [5, 5.41) is 7.56. The van der Waals surface area contributed by atoms with Crippen molar-refractivity contribution in [1.82, 2.24) is 15.1 Å². The van der Waals surface area contributed by atoms with Crippen molar-refractivity contribution < 1.29 is 13.9 Å². The SMILES string of the molecule is COc1cccc(N2C(=O)NC3=Nc4c(cnn4C(C)(C)C)[C@@H](c4ccc(F)cc4)[C@H]32)c1. The Balaban J connectivity index is 1.71. The van der Waals surface area contributed by atoms with Crippen molar-refractivity contribution in [3.8, 4) is 5.75 Å². The van der Waals surface area contributed by atoms with Gasteiger partial charge in [-0.3, -0.25) is 10.2 Å². The number of carbonyl (C=O) groups is 1. The minimum Gasteiger partial charge on any atom is -0.497 e. The molecule has 8 heteroatoms. The van der Waals surface area contributed by atoms with Crippen LogP contribution < -0.4 is 15.0 Å². The molecule has 32 heavy (non-hydrogen) atoms. The maximum absolute atomic E-state index is 13.7. The molecular formula is C24H24FN5O2. The standard InChI is InChI=1S/C24H24FN5O2/c1-24(2,3)30-22-18(13-26-30)19(14-8-10-15(25)11-9-14)20-21(27-22)28-23(31)29(20)16-6-5-7-17(12-16)32-4/h5-13,19-20H,1-4H3,(H,27,28,31)/t19-,20-/m1/s1. The Labute approximate surface area is 185 Å². The van der Waals surface area contributed by atoms with Gasteiger partial charge in [0.15, 0.2) is 5.82 Å². The zero-order chi connectivity index (χ0) is 22.6. The van der Waals surface area contributed by atoms with E-state index in [1.54, 1.807) is 30.3 Å². The van der Waals surface area contributed by atoms with E-state index in [4.69, 9.17) is 9.73 Å². The fraction of sp³-hybridized carbons (Fsp3) is 0.292. The van der Waals surface area contributed by atoms with E-state index < -0.39 is 6.04 Å². The lowest BCUT2D eigenvalue weighted by Crippen LogP contribution is -2.42. The number of urea groups is 1. The maximum Gasteiger partial charge on any atom is 0.328 e. The molecule has 2 atom stereocenters. The molecule has 1 aromatic heterocycles. The van der Waals surface area contributed by atoms with Crippen LogP contribution in [0.4, 0.5) is 20.7 Å². The zero-order valence-corrected chi connectivity index (χ0v) is 18.3. The molecule has 1 saturated heterocycles. The zero-order valence-electron chi connectivity index (χ0n) is 18.3. The minimum absolute atomic E-state index is 0.269. The molecule has 2 aliphatic heterocycles. The number of ether oxygens (including phenoxy) is 1. The summed E-state index contributed by atoms with van der Waals surface area (Å²) < 4.78 is 21.0. The van der Waals surface area contributed by atoms with E-state index in [9.17, 15) is 9.18 Å². The Hall–Kier alpha value is -3.68. The molecule has 164 valence electrons. The molecule has 2 aliphatic rings. The summed E-state index contributed by atoms with van der Waals surface area (Å²) in [5.74, 6) is 1.31. The van der Waals surface area contributed by atoms with Crippen LogP contribution in [0.25, 0.3) is 0 Å². The number of rotatable bonds is 3. The van der Waals surface area contributed by atoms with E-state index in [1.807, 2.05) is 28.9 Å². The van der Waals surface area contributed by atoms with Crippen molar-refractivity contribution in [3.05, 3.63) is 71.7 Å². The second kappa shape index (κ2) is 7.19. The first-order chi connectivity index (χ1) is 15.3. The average Bonchev–Trinajstić information content (AvgIpc) is 3.33. The summed E-state index contributed by atoms with van der Waals surface area (Å²) in [5.41, 5.74) is 2.16. The van der Waals surface area contributed by atoms with Gasteiger partial charge in [-0.2, -0.15) is 5.10 Å². The smallest absolute Gasteiger partial charge is 0.328 e. The van der Waals surface area contributed by atoms with E-state index in [0.717, 1.165) is 11.1 Å². The third-order valence-electron chi connectivity index (χ3n) is 5.86. The second-order valence-corrected chi connectivity index (χ2v) is 8.98. The Kier molecular flexibility index (Phi) is 4.54. The van der Waals surface area contributed by atoms with Crippen molar-refractivity contribution in [2.24, 2.45) is 4.99 Å². The van der Waals surface area contributed by atoms with Crippen LogP contribution in [0.2, 0.25) is 0 Å². The first-order valence-electron chi connectivity index (χ1n) is 10.4. The van der Waals surface area contributed by atoms with Crippen molar-refractivity contribution in [2.75, 3.05) is 12.0 Å². The fourth-order valence-corrected chi connectivity index (χ4v) is 4.42. The number of nitrogens with zero attached hydrogens (tertiary/aromatic N) is 4. The van der Waals surface area contributed by atoms with E-state index in [-0.39, 0.29) is 23.3 Å². The van der Waals surface area contributed by atoms with Crippen LogP contribution in [0.15, 0.2) is 59.7 Å². The largest absolute Gasteiger partial charge is 0.497 e. The van der Waals surface area contributed by atoms with Crippen molar-refractivity contribution >= 4 is 23.4 Å². The lowest BCUT2D eigenvalue weighted by Gasteiger charge is -2.33. The summed E-state index contributed by atoms with van der Waals surface area (Å²) in [6.45, 7) is 6.15. The fourth-order valence-electron chi connectivity index (χ4n) is 4.42. The normalized spacial score (nSPS) is 19.8. The van der Waals surface area contributed by atoms with Gasteiger partial charge in [-0.1, -0.05) is 18.2 Å². The second-order valence-electron chi connectivity index (χ2n) is 8.98. The number of halogens is 1. The van der Waals surface area contributed by atoms with Crippen LogP contribution in [0.3, 0.4) is 0 Å². The molecule has 1 N–H and O–H groups in total. The Bertz CT molecular complexity index is 1230. The van der Waals surface area contributed by atoms with Gasteiger partial charge >= 0.3 is 6.03 Å². The summed E-state index contributed by atoms with van der Waals surface area (Å²) in [4.78, 5) is 19.7. The minimum atomic E-state index is -0.426. The van der Waals surface area contributed by atoms with Gasteiger partial charge in [0.2, 0.25) is 0 Å². The van der Waals surface area contributed by atoms with E-state index in [2.05, 4.69) is 31.2 Å². The Morgan fingerprint density at radius 3 is 2.56 bits per heavy atom. The quantitative estimate of drug-likeness (QED) is 0.658. The number of anilines is 1. The molecule has 5 rings (SSSR count). The summed E-state index contributed by atoms with van der Waals surface area (Å²) in [6.07, 6.45) is 1.81. The highest BCUT2D eigenvalue weighted by Crippen LogP contribution is 2.45. The van der Waals surface area contributed by atoms with Crippen LogP contribution in [0, 0.1) is 5.82 Å². The molecule has 0 radical (unpaired) electrons. The molecule has 0 saturated carbocycles. The number of carbonyl (C=O) groups excluding carboxylic acids is 1. The number of aromatic nitrogens is 2. The van der Waals surface area contributed by atoms with Crippen molar-refractivity contribution in [2.45, 2.75) is 38.3 Å². The predicted molar refractivity (Wildman–Crippen MR) is 120 cm³/mol. The molecular weight excluding hydrogens is 409 g/mol. The van der Waals surface area contributed by atoms with Crippen LogP contribution in [-0.4, -0.2) is 34.8 Å². The first-order valence-corrected chi connectivity index (χ1v) is 10.4. The molecule has 0 unspecified atom stereocenters. The lowest BCUT2D eigenvalue weighted by atomic mass is 9.83. The Morgan fingerprint density at radius 1 is 1.12 bits per heavy atom. The van der Waals surface area contributed by atoms with Crippen LogP contribution >= 0.6 is 0 Å². The Morgan fingerprint density at radius 2 is 1.88 bits per heavy atom. The van der Waals surface area contributed by atoms with Crippen LogP contribution in [0.1, 0.15) is 37.8 Å². The van der Waals surface area contributed by atoms with Crippen molar-refractivity contribution in [1.29, 1.82) is 0 Å². The highest BCUT2D eigenvalue weighted by atomic mass is 19.1. The molecule has 0 bridgehead atoms. The number of nitrogens with one attached hydrogen (secondary N) is 1. The first kappa shape index (κ1) is 20.2. The number of methoxy groups -OCH3 is 1. The molecule has 2 amide bonds. The number of benzene rings is 2. The molecule has 2 aromatic carbocycles. The van der Waals surface area contributed by atoms with Crippen LogP contribution in [-0.2, 0) is 5.54 Å². The van der Waals surface area contributed by atoms with Gasteiger partial charge in [-0.15, -0.1) is 0 Å². The van der Waals surface area contributed by atoms with E-state index in [1.165, 1.54) is 12.1 Å². The van der Waals surface area contributed by atoms with Gasteiger partial charge in [0.05, 0.1) is 18.8 Å². The molecule has 1 fully saturated rings. The number of hydrogen-bond acceptors (Lipinski definition) is 4. The molecule has 7 nitrogen and oxygen atoms in total.